The van der Waals surface area contributed by atoms with Crippen LogP contribution in [0.5, 0.6) is 0 Å². The van der Waals surface area contributed by atoms with Crippen molar-refractivity contribution in [3.05, 3.63) is 53.2 Å². The van der Waals surface area contributed by atoms with Crippen molar-refractivity contribution in [1.29, 1.82) is 0 Å². The minimum Gasteiger partial charge on any atom is -0.475 e. The van der Waals surface area contributed by atoms with Crippen LogP contribution < -0.4 is 0 Å². The summed E-state index contributed by atoms with van der Waals surface area (Å²) in [6.45, 7) is 1.96. The van der Waals surface area contributed by atoms with Gasteiger partial charge in [0.05, 0.1) is 12.1 Å². The van der Waals surface area contributed by atoms with Crippen LogP contribution in [-0.4, -0.2) is 27.0 Å². The molecule has 6 heteroatoms. The van der Waals surface area contributed by atoms with E-state index in [4.69, 9.17) is 5.11 Å². The molecule has 0 unspecified atom stereocenters. The fraction of sp³-hybridized carbons (Fsp3) is 0.118. The van der Waals surface area contributed by atoms with Crippen LogP contribution in [-0.2, 0) is 9.59 Å². The first kappa shape index (κ1) is 15.2. The second-order valence-electron chi connectivity index (χ2n) is 5.22. The van der Waals surface area contributed by atoms with Gasteiger partial charge in [0.25, 0.3) is 0 Å². The van der Waals surface area contributed by atoms with Gasteiger partial charge in [0.1, 0.15) is 0 Å². The molecule has 0 amide bonds. The maximum Gasteiger partial charge on any atom is 0.372 e. The maximum absolute atomic E-state index is 12.5. The lowest BCUT2D eigenvalue weighted by molar-refractivity contribution is -0.148. The Hall–Kier alpha value is -2.73. The number of pyridine rings is 1. The van der Waals surface area contributed by atoms with Gasteiger partial charge in [-0.1, -0.05) is 6.07 Å². The van der Waals surface area contributed by atoms with Crippen LogP contribution in [0.4, 0.5) is 0 Å². The smallest absolute Gasteiger partial charge is 0.372 e. The van der Waals surface area contributed by atoms with Gasteiger partial charge in [-0.3, -0.25) is 9.59 Å². The minimum absolute atomic E-state index is 0.344. The summed E-state index contributed by atoms with van der Waals surface area (Å²) in [5, 5.41) is 10.7. The summed E-state index contributed by atoms with van der Waals surface area (Å²) in [5.74, 6) is -3.19. The standard InChI is InChI=1S/C17H13NO4S/c1-10-6-15(23-9-10)12-7-11-4-2-3-5-18(11)16(12)13(19)8-14(20)17(21)22/h2-7,9H,8H2,1H3,(H,21,22). The highest BCUT2D eigenvalue weighted by Gasteiger charge is 2.24. The molecule has 0 saturated carbocycles. The zero-order valence-corrected chi connectivity index (χ0v) is 13.1. The van der Waals surface area contributed by atoms with Gasteiger partial charge in [0.15, 0.2) is 5.78 Å². The zero-order chi connectivity index (χ0) is 16.6. The summed E-state index contributed by atoms with van der Waals surface area (Å²) in [6.07, 6.45) is 1.09. The molecule has 0 aliphatic heterocycles. The molecule has 3 aromatic rings. The highest BCUT2D eigenvalue weighted by Crippen LogP contribution is 2.33. The lowest BCUT2D eigenvalue weighted by Crippen LogP contribution is -2.18. The summed E-state index contributed by atoms with van der Waals surface area (Å²) >= 11 is 1.51. The molecule has 0 spiro atoms. The first-order chi connectivity index (χ1) is 11.0. The highest BCUT2D eigenvalue weighted by atomic mass is 32.1. The lowest BCUT2D eigenvalue weighted by atomic mass is 10.1. The van der Waals surface area contributed by atoms with Crippen LogP contribution in [0.2, 0.25) is 0 Å². The Morgan fingerprint density at radius 1 is 1.22 bits per heavy atom. The summed E-state index contributed by atoms with van der Waals surface area (Å²) in [4.78, 5) is 35.6. The van der Waals surface area contributed by atoms with E-state index in [1.807, 2.05) is 36.6 Å². The number of carboxylic acids is 1. The van der Waals surface area contributed by atoms with Crippen molar-refractivity contribution in [2.24, 2.45) is 0 Å². The molecule has 3 aromatic heterocycles. The molecular formula is C17H13NO4S. The number of ketones is 2. The second-order valence-corrected chi connectivity index (χ2v) is 6.13. The Labute approximate surface area is 135 Å². The number of fused-ring (bicyclic) bond motifs is 1. The molecule has 5 nitrogen and oxygen atoms in total. The number of aryl methyl sites for hydroxylation is 1. The van der Waals surface area contributed by atoms with Gasteiger partial charge in [-0.15, -0.1) is 11.3 Å². The van der Waals surface area contributed by atoms with Crippen molar-refractivity contribution < 1.29 is 19.5 Å². The average Bonchev–Trinajstić information content (AvgIpc) is 3.10. The van der Waals surface area contributed by atoms with E-state index in [1.165, 1.54) is 11.3 Å². The number of thiophene rings is 1. The molecule has 0 atom stereocenters. The molecule has 1 N–H and O–H groups in total. The number of nitrogens with zero attached hydrogens (tertiary/aromatic N) is 1. The van der Waals surface area contributed by atoms with Gasteiger partial charge in [-0.25, -0.2) is 4.79 Å². The van der Waals surface area contributed by atoms with Crippen LogP contribution in [0.15, 0.2) is 41.9 Å². The molecule has 23 heavy (non-hydrogen) atoms. The first-order valence-corrected chi connectivity index (χ1v) is 7.80. The number of aliphatic carboxylic acids is 1. The van der Waals surface area contributed by atoms with E-state index in [0.29, 0.717) is 5.69 Å². The van der Waals surface area contributed by atoms with Gasteiger partial charge in [-0.05, 0) is 42.1 Å². The fourth-order valence-corrected chi connectivity index (χ4v) is 3.39. The number of carboxylic acid groups (broad SMARTS) is 1. The molecule has 0 fully saturated rings. The number of hydrogen-bond donors (Lipinski definition) is 1. The quantitative estimate of drug-likeness (QED) is 0.443. The summed E-state index contributed by atoms with van der Waals surface area (Å²) < 4.78 is 1.70. The number of Topliss-reactive ketones (excluding diaryl/α,β-unsaturated/α-hetero) is 2. The monoisotopic (exact) mass is 327 g/mol. The van der Waals surface area contributed by atoms with Gasteiger partial charge in [0.2, 0.25) is 5.78 Å². The van der Waals surface area contributed by atoms with Crippen LogP contribution in [0.3, 0.4) is 0 Å². The molecule has 0 aliphatic carbocycles. The fourth-order valence-electron chi connectivity index (χ4n) is 2.47. The number of carbonyl (C=O) groups is 3. The van der Waals surface area contributed by atoms with Gasteiger partial charge >= 0.3 is 5.97 Å². The maximum atomic E-state index is 12.5. The van der Waals surface area contributed by atoms with E-state index in [-0.39, 0.29) is 0 Å². The van der Waals surface area contributed by atoms with E-state index >= 15 is 0 Å². The van der Waals surface area contributed by atoms with Crippen LogP contribution in [0.1, 0.15) is 22.5 Å². The molecule has 116 valence electrons. The van der Waals surface area contributed by atoms with E-state index < -0.39 is 24.0 Å². The largest absolute Gasteiger partial charge is 0.475 e. The van der Waals surface area contributed by atoms with E-state index in [9.17, 15) is 14.4 Å². The van der Waals surface area contributed by atoms with Crippen molar-refractivity contribution in [3.8, 4) is 10.4 Å². The van der Waals surface area contributed by atoms with Crippen LogP contribution in [0, 0.1) is 6.92 Å². The Balaban J connectivity index is 2.15. The number of aromatic nitrogens is 1. The van der Waals surface area contributed by atoms with Crippen LogP contribution in [0.25, 0.3) is 16.0 Å². The lowest BCUT2D eigenvalue weighted by Gasteiger charge is -2.04. The third-order valence-electron chi connectivity index (χ3n) is 3.50. The van der Waals surface area contributed by atoms with Crippen molar-refractivity contribution in [2.45, 2.75) is 13.3 Å². The Morgan fingerprint density at radius 2 is 2.00 bits per heavy atom. The zero-order valence-electron chi connectivity index (χ0n) is 12.3. The average molecular weight is 327 g/mol. The predicted molar refractivity (Wildman–Crippen MR) is 87.0 cm³/mol. The molecule has 0 bridgehead atoms. The second kappa shape index (κ2) is 5.81. The van der Waals surface area contributed by atoms with Crippen LogP contribution >= 0.6 is 11.3 Å². The minimum atomic E-state index is -1.59. The molecule has 0 aliphatic rings. The van der Waals surface area contributed by atoms with Crippen molar-refractivity contribution >= 4 is 34.4 Å². The summed E-state index contributed by atoms with van der Waals surface area (Å²) in [5.41, 5.74) is 2.97. The third-order valence-corrected chi connectivity index (χ3v) is 4.58. The highest BCUT2D eigenvalue weighted by molar-refractivity contribution is 7.13. The molecular weight excluding hydrogens is 314 g/mol. The SMILES string of the molecule is Cc1csc(-c2cc3ccccn3c2C(=O)CC(=O)C(=O)O)c1. The molecule has 0 aromatic carbocycles. The number of rotatable bonds is 5. The van der Waals surface area contributed by atoms with Crippen molar-refractivity contribution in [1.82, 2.24) is 4.40 Å². The van der Waals surface area contributed by atoms with Gasteiger partial charge in [-0.2, -0.15) is 0 Å². The van der Waals surface area contributed by atoms with Gasteiger partial charge in [0, 0.05) is 22.2 Å². The normalized spacial score (nSPS) is 10.8. The molecule has 3 heterocycles. The molecule has 3 rings (SSSR count). The predicted octanol–water partition coefficient (Wildman–Crippen LogP) is 3.20. The number of hydrogen-bond acceptors (Lipinski definition) is 4. The molecule has 0 radical (unpaired) electrons. The Bertz CT molecular complexity index is 935. The van der Waals surface area contributed by atoms with E-state index in [0.717, 1.165) is 21.5 Å². The summed E-state index contributed by atoms with van der Waals surface area (Å²) in [7, 11) is 0. The molecule has 0 saturated heterocycles. The van der Waals surface area contributed by atoms with E-state index in [1.54, 1.807) is 16.7 Å². The number of carbonyl (C=O) groups excluding carboxylic acids is 2. The van der Waals surface area contributed by atoms with Gasteiger partial charge < -0.3 is 9.51 Å². The van der Waals surface area contributed by atoms with E-state index in [2.05, 4.69) is 0 Å². The topological polar surface area (TPSA) is 75.8 Å². The third kappa shape index (κ3) is 2.80. The summed E-state index contributed by atoms with van der Waals surface area (Å²) in [6, 6.07) is 9.35. The Kier molecular flexibility index (Phi) is 3.83. The first-order valence-electron chi connectivity index (χ1n) is 6.92. The van der Waals surface area contributed by atoms with Crippen molar-refractivity contribution in [3.63, 3.8) is 0 Å². The Morgan fingerprint density at radius 3 is 2.65 bits per heavy atom. The van der Waals surface area contributed by atoms with Crippen molar-refractivity contribution in [2.75, 3.05) is 0 Å².